The first-order chi connectivity index (χ1) is 10.2. The molecule has 0 aliphatic heterocycles. The van der Waals surface area contributed by atoms with Crippen molar-refractivity contribution in [3.8, 4) is 0 Å². The van der Waals surface area contributed by atoms with E-state index in [-0.39, 0.29) is 29.9 Å². The summed E-state index contributed by atoms with van der Waals surface area (Å²) >= 11 is 0. The minimum absolute atomic E-state index is 0.00794. The molecule has 2 rings (SSSR count). The highest BCUT2D eigenvalue weighted by molar-refractivity contribution is 7.90. The smallest absolute Gasteiger partial charge is 0.159 e. The van der Waals surface area contributed by atoms with Gasteiger partial charge >= 0.3 is 0 Å². The van der Waals surface area contributed by atoms with Crippen LogP contribution in [0.4, 0.5) is 8.78 Å². The molecular weight excluding hydrogens is 312 g/mol. The highest BCUT2D eigenvalue weighted by Crippen LogP contribution is 2.31. The van der Waals surface area contributed by atoms with Crippen LogP contribution in [0.15, 0.2) is 18.2 Å². The van der Waals surface area contributed by atoms with Gasteiger partial charge in [-0.1, -0.05) is 6.07 Å². The lowest BCUT2D eigenvalue weighted by Gasteiger charge is -2.30. The van der Waals surface area contributed by atoms with E-state index in [2.05, 4.69) is 0 Å². The van der Waals surface area contributed by atoms with Crippen LogP contribution in [0.2, 0.25) is 0 Å². The molecule has 1 aliphatic rings. The highest BCUT2D eigenvalue weighted by atomic mass is 32.2. The molecule has 2 atom stereocenters. The van der Waals surface area contributed by atoms with Crippen molar-refractivity contribution in [2.45, 2.75) is 38.0 Å². The Morgan fingerprint density at radius 2 is 1.95 bits per heavy atom. The van der Waals surface area contributed by atoms with Gasteiger partial charge in [-0.3, -0.25) is 4.90 Å². The second kappa shape index (κ2) is 6.60. The zero-order chi connectivity index (χ0) is 16.5. The van der Waals surface area contributed by atoms with E-state index in [9.17, 15) is 22.3 Å². The fraction of sp³-hybridized carbons (Fsp3) is 0.600. The van der Waals surface area contributed by atoms with E-state index in [0.717, 1.165) is 25.0 Å². The molecule has 0 aromatic heterocycles. The Labute approximate surface area is 129 Å². The van der Waals surface area contributed by atoms with Gasteiger partial charge in [-0.2, -0.15) is 0 Å². The molecule has 7 heteroatoms. The van der Waals surface area contributed by atoms with Crippen molar-refractivity contribution in [2.24, 2.45) is 0 Å². The second-order valence-electron chi connectivity index (χ2n) is 6.06. The van der Waals surface area contributed by atoms with Gasteiger partial charge in [0.2, 0.25) is 0 Å². The minimum atomic E-state index is -3.12. The third kappa shape index (κ3) is 4.72. The van der Waals surface area contributed by atoms with Gasteiger partial charge < -0.3 is 5.11 Å². The molecule has 0 bridgehead atoms. The van der Waals surface area contributed by atoms with Crippen molar-refractivity contribution in [3.63, 3.8) is 0 Å². The van der Waals surface area contributed by atoms with Gasteiger partial charge in [-0.15, -0.1) is 0 Å². The van der Waals surface area contributed by atoms with Crippen LogP contribution in [0.1, 0.15) is 31.4 Å². The lowest BCUT2D eigenvalue weighted by atomic mass is 10.1. The zero-order valence-corrected chi connectivity index (χ0v) is 13.5. The molecule has 22 heavy (non-hydrogen) atoms. The summed E-state index contributed by atoms with van der Waals surface area (Å²) in [5, 5.41) is 10.2. The molecule has 1 aromatic carbocycles. The number of nitrogens with zero attached hydrogens (tertiary/aromatic N) is 1. The number of aliphatic hydroxyl groups is 1. The standard InChI is InChI=1S/C15H21F2NO3S/c1-10(9-22(2,20)21)18(12-4-5-12)8-15(19)11-3-6-13(16)14(17)7-11/h3,6-7,10,12,15,19H,4-5,8-9H2,1-2H3. The summed E-state index contributed by atoms with van der Waals surface area (Å²) in [6.07, 6.45) is 2.11. The Morgan fingerprint density at radius 3 is 2.45 bits per heavy atom. The molecule has 2 unspecified atom stereocenters. The number of halogens is 2. The van der Waals surface area contributed by atoms with E-state index in [1.807, 2.05) is 4.90 Å². The Balaban J connectivity index is 2.08. The molecule has 1 N–H and O–H groups in total. The summed E-state index contributed by atoms with van der Waals surface area (Å²) < 4.78 is 49.1. The maximum Gasteiger partial charge on any atom is 0.159 e. The number of rotatable bonds is 7. The largest absolute Gasteiger partial charge is 0.387 e. The van der Waals surface area contributed by atoms with Crippen molar-refractivity contribution < 1.29 is 22.3 Å². The maximum absolute atomic E-state index is 13.2. The Bertz CT molecular complexity index is 632. The van der Waals surface area contributed by atoms with Crippen molar-refractivity contribution in [3.05, 3.63) is 35.4 Å². The number of benzene rings is 1. The van der Waals surface area contributed by atoms with E-state index in [4.69, 9.17) is 0 Å². The summed E-state index contributed by atoms with van der Waals surface area (Å²) in [4.78, 5) is 1.94. The van der Waals surface area contributed by atoms with Crippen LogP contribution >= 0.6 is 0 Å². The zero-order valence-electron chi connectivity index (χ0n) is 12.7. The van der Waals surface area contributed by atoms with Crippen LogP contribution in [-0.4, -0.2) is 49.1 Å². The molecule has 1 fully saturated rings. The fourth-order valence-electron chi connectivity index (χ4n) is 2.65. The SMILES string of the molecule is CC(CS(C)(=O)=O)N(CC(O)c1ccc(F)c(F)c1)C1CC1. The van der Waals surface area contributed by atoms with Crippen LogP contribution in [0.25, 0.3) is 0 Å². The van der Waals surface area contributed by atoms with Gasteiger partial charge in [-0.25, -0.2) is 17.2 Å². The predicted octanol–water partition coefficient (Wildman–Crippen LogP) is 1.90. The fourth-order valence-corrected chi connectivity index (χ4v) is 3.72. The van der Waals surface area contributed by atoms with Gasteiger partial charge in [-0.05, 0) is 37.5 Å². The molecule has 0 saturated heterocycles. The molecule has 124 valence electrons. The first kappa shape index (κ1) is 17.3. The summed E-state index contributed by atoms with van der Waals surface area (Å²) in [6.45, 7) is 2.00. The molecule has 0 radical (unpaired) electrons. The van der Waals surface area contributed by atoms with Crippen molar-refractivity contribution in [1.82, 2.24) is 4.90 Å². The summed E-state index contributed by atoms with van der Waals surface area (Å²) in [6, 6.07) is 3.32. The van der Waals surface area contributed by atoms with E-state index in [1.54, 1.807) is 6.92 Å². The van der Waals surface area contributed by atoms with E-state index in [1.165, 1.54) is 12.3 Å². The van der Waals surface area contributed by atoms with Gasteiger partial charge in [0.15, 0.2) is 11.6 Å². The van der Waals surface area contributed by atoms with Gasteiger partial charge in [0.25, 0.3) is 0 Å². The highest BCUT2D eigenvalue weighted by Gasteiger charge is 2.34. The van der Waals surface area contributed by atoms with Gasteiger partial charge in [0.1, 0.15) is 9.84 Å². The predicted molar refractivity (Wildman–Crippen MR) is 80.2 cm³/mol. The quantitative estimate of drug-likeness (QED) is 0.828. The first-order valence-electron chi connectivity index (χ1n) is 7.24. The summed E-state index contributed by atoms with van der Waals surface area (Å²) in [5.41, 5.74) is 0.288. The van der Waals surface area contributed by atoms with E-state index in [0.29, 0.717) is 0 Å². The van der Waals surface area contributed by atoms with Crippen molar-refractivity contribution in [1.29, 1.82) is 0 Å². The van der Waals surface area contributed by atoms with Gasteiger partial charge in [0.05, 0.1) is 11.9 Å². The molecule has 0 heterocycles. The van der Waals surface area contributed by atoms with Crippen molar-refractivity contribution in [2.75, 3.05) is 18.6 Å². The number of hydrogen-bond donors (Lipinski definition) is 1. The van der Waals surface area contributed by atoms with Crippen LogP contribution in [-0.2, 0) is 9.84 Å². The number of sulfone groups is 1. The average Bonchev–Trinajstić information content (AvgIpc) is 3.21. The molecule has 1 aromatic rings. The van der Waals surface area contributed by atoms with Crippen LogP contribution in [0, 0.1) is 11.6 Å². The first-order valence-corrected chi connectivity index (χ1v) is 9.30. The van der Waals surface area contributed by atoms with Gasteiger partial charge in [0, 0.05) is 24.9 Å². The number of aliphatic hydroxyl groups excluding tert-OH is 1. The van der Waals surface area contributed by atoms with Crippen LogP contribution in [0.3, 0.4) is 0 Å². The maximum atomic E-state index is 13.2. The normalized spacial score (nSPS) is 18.5. The minimum Gasteiger partial charge on any atom is -0.387 e. The molecular formula is C15H21F2NO3S. The lowest BCUT2D eigenvalue weighted by molar-refractivity contribution is 0.0908. The molecule has 0 amide bonds. The monoisotopic (exact) mass is 333 g/mol. The topological polar surface area (TPSA) is 57.6 Å². The molecule has 4 nitrogen and oxygen atoms in total. The Kier molecular flexibility index (Phi) is 5.19. The molecule has 0 spiro atoms. The second-order valence-corrected chi connectivity index (χ2v) is 8.24. The van der Waals surface area contributed by atoms with Crippen LogP contribution in [0.5, 0.6) is 0 Å². The van der Waals surface area contributed by atoms with E-state index >= 15 is 0 Å². The lowest BCUT2D eigenvalue weighted by Crippen LogP contribution is -2.42. The average molecular weight is 333 g/mol. The Hall–Kier alpha value is -1.05. The van der Waals surface area contributed by atoms with Crippen molar-refractivity contribution >= 4 is 9.84 Å². The summed E-state index contributed by atoms with van der Waals surface area (Å²) in [5.74, 6) is -1.95. The van der Waals surface area contributed by atoms with E-state index < -0.39 is 27.6 Å². The third-order valence-electron chi connectivity index (χ3n) is 3.84. The Morgan fingerprint density at radius 1 is 1.32 bits per heavy atom. The molecule has 1 aliphatic carbocycles. The number of hydrogen-bond acceptors (Lipinski definition) is 4. The van der Waals surface area contributed by atoms with Crippen LogP contribution < -0.4 is 0 Å². The summed E-state index contributed by atoms with van der Waals surface area (Å²) in [7, 11) is -3.12. The third-order valence-corrected chi connectivity index (χ3v) is 4.93. The molecule has 1 saturated carbocycles.